The second kappa shape index (κ2) is 6.05. The Bertz CT molecular complexity index is 296. The molecule has 1 rings (SSSR count). The largest absolute Gasteiger partial charge is 0.307 e. The highest BCUT2D eigenvalue weighted by Crippen LogP contribution is 2.15. The molecule has 0 atom stereocenters. The van der Waals surface area contributed by atoms with E-state index in [2.05, 4.69) is 57.3 Å². The molecule has 0 aliphatic carbocycles. The summed E-state index contributed by atoms with van der Waals surface area (Å²) in [4.78, 5) is 0. The van der Waals surface area contributed by atoms with Gasteiger partial charge in [-0.3, -0.25) is 0 Å². The molecule has 0 unspecified atom stereocenters. The van der Waals surface area contributed by atoms with E-state index in [9.17, 15) is 0 Å². The summed E-state index contributed by atoms with van der Waals surface area (Å²) in [7, 11) is 0. The van der Waals surface area contributed by atoms with E-state index in [0.29, 0.717) is 0 Å². The van der Waals surface area contributed by atoms with Crippen molar-refractivity contribution in [3.05, 3.63) is 35.4 Å². The molecule has 0 saturated heterocycles. The Hall–Kier alpha value is -0.820. The summed E-state index contributed by atoms with van der Waals surface area (Å²) in [6.45, 7) is 9.96. The van der Waals surface area contributed by atoms with Crippen LogP contribution >= 0.6 is 0 Å². The van der Waals surface area contributed by atoms with Crippen LogP contribution in [0.1, 0.15) is 51.7 Å². The molecular formula is C15H25N. The van der Waals surface area contributed by atoms with Crippen LogP contribution in [-0.4, -0.2) is 5.54 Å². The highest BCUT2D eigenvalue weighted by molar-refractivity contribution is 5.22. The number of hydrogen-bond acceptors (Lipinski definition) is 1. The smallest absolute Gasteiger partial charge is 0.0210 e. The lowest BCUT2D eigenvalue weighted by atomic mass is 9.95. The summed E-state index contributed by atoms with van der Waals surface area (Å²) < 4.78 is 0. The minimum Gasteiger partial charge on any atom is -0.307 e. The first kappa shape index (κ1) is 13.2. The Labute approximate surface area is 100 Å². The summed E-state index contributed by atoms with van der Waals surface area (Å²) in [5, 5.41) is 3.65. The molecule has 0 aliphatic heterocycles. The van der Waals surface area contributed by atoms with Gasteiger partial charge in [-0.15, -0.1) is 0 Å². The van der Waals surface area contributed by atoms with Crippen molar-refractivity contribution in [2.24, 2.45) is 0 Å². The molecule has 0 amide bonds. The summed E-state index contributed by atoms with van der Waals surface area (Å²) in [6.07, 6.45) is 3.47. The molecule has 0 aliphatic rings. The highest BCUT2D eigenvalue weighted by Gasteiger charge is 2.17. The standard InChI is InChI=1S/C15H25N/c1-5-13-8-10-14(11-9-13)12-16-15(4,6-2)7-3/h8-11,16H,5-7,12H2,1-4H3. The second-order valence-corrected chi connectivity index (χ2v) is 4.79. The van der Waals surface area contributed by atoms with Gasteiger partial charge in [-0.2, -0.15) is 0 Å². The van der Waals surface area contributed by atoms with E-state index in [4.69, 9.17) is 0 Å². The highest BCUT2D eigenvalue weighted by atomic mass is 15.0. The van der Waals surface area contributed by atoms with Crippen molar-refractivity contribution in [1.82, 2.24) is 5.32 Å². The molecule has 1 aromatic carbocycles. The van der Waals surface area contributed by atoms with Crippen molar-refractivity contribution in [2.45, 2.75) is 59.0 Å². The Morgan fingerprint density at radius 3 is 1.88 bits per heavy atom. The quantitative estimate of drug-likeness (QED) is 0.764. The monoisotopic (exact) mass is 219 g/mol. The van der Waals surface area contributed by atoms with Crippen LogP contribution in [0.4, 0.5) is 0 Å². The summed E-state index contributed by atoms with van der Waals surface area (Å²) >= 11 is 0. The fourth-order valence-electron chi connectivity index (χ4n) is 1.71. The molecule has 0 saturated carbocycles. The molecule has 90 valence electrons. The summed E-state index contributed by atoms with van der Waals surface area (Å²) in [5.41, 5.74) is 3.08. The first-order valence-corrected chi connectivity index (χ1v) is 6.46. The van der Waals surface area contributed by atoms with Crippen LogP contribution in [-0.2, 0) is 13.0 Å². The van der Waals surface area contributed by atoms with E-state index in [1.807, 2.05) is 0 Å². The number of benzene rings is 1. The van der Waals surface area contributed by atoms with Crippen molar-refractivity contribution in [3.8, 4) is 0 Å². The molecule has 1 heteroatoms. The number of nitrogens with one attached hydrogen (secondary N) is 1. The third-order valence-corrected chi connectivity index (χ3v) is 3.71. The molecule has 0 fully saturated rings. The number of rotatable bonds is 6. The maximum absolute atomic E-state index is 3.65. The van der Waals surface area contributed by atoms with Gasteiger partial charge in [0.1, 0.15) is 0 Å². The molecular weight excluding hydrogens is 194 g/mol. The van der Waals surface area contributed by atoms with Crippen LogP contribution in [0.3, 0.4) is 0 Å². The normalized spacial score (nSPS) is 11.8. The van der Waals surface area contributed by atoms with Crippen LogP contribution in [0.15, 0.2) is 24.3 Å². The van der Waals surface area contributed by atoms with Crippen LogP contribution in [0, 0.1) is 0 Å². The molecule has 0 heterocycles. The van der Waals surface area contributed by atoms with Crippen molar-refractivity contribution in [3.63, 3.8) is 0 Å². The van der Waals surface area contributed by atoms with Gasteiger partial charge >= 0.3 is 0 Å². The van der Waals surface area contributed by atoms with Crippen molar-refractivity contribution >= 4 is 0 Å². The molecule has 1 N–H and O–H groups in total. The van der Waals surface area contributed by atoms with E-state index in [1.165, 1.54) is 24.0 Å². The minimum atomic E-state index is 0.281. The molecule has 0 aromatic heterocycles. The Balaban J connectivity index is 2.54. The zero-order valence-electron chi connectivity index (χ0n) is 11.1. The summed E-state index contributed by atoms with van der Waals surface area (Å²) in [5.74, 6) is 0. The van der Waals surface area contributed by atoms with Gasteiger partial charge in [0.05, 0.1) is 0 Å². The number of aryl methyl sites for hydroxylation is 1. The molecule has 16 heavy (non-hydrogen) atoms. The lowest BCUT2D eigenvalue weighted by Gasteiger charge is -2.28. The topological polar surface area (TPSA) is 12.0 Å². The maximum Gasteiger partial charge on any atom is 0.0210 e. The first-order chi connectivity index (χ1) is 7.63. The molecule has 0 bridgehead atoms. The fraction of sp³-hybridized carbons (Fsp3) is 0.600. The Kier molecular flexibility index (Phi) is 5.01. The third-order valence-electron chi connectivity index (χ3n) is 3.71. The van der Waals surface area contributed by atoms with Gasteiger partial charge in [0.15, 0.2) is 0 Å². The van der Waals surface area contributed by atoms with Crippen LogP contribution < -0.4 is 5.32 Å². The van der Waals surface area contributed by atoms with Crippen molar-refractivity contribution in [2.75, 3.05) is 0 Å². The number of hydrogen-bond donors (Lipinski definition) is 1. The average molecular weight is 219 g/mol. The van der Waals surface area contributed by atoms with Gasteiger partial charge in [0.25, 0.3) is 0 Å². The minimum absolute atomic E-state index is 0.281. The third kappa shape index (κ3) is 3.64. The predicted octanol–water partition coefficient (Wildman–Crippen LogP) is 3.92. The second-order valence-electron chi connectivity index (χ2n) is 4.79. The Morgan fingerprint density at radius 1 is 0.938 bits per heavy atom. The van der Waals surface area contributed by atoms with Gasteiger partial charge in [-0.1, -0.05) is 45.0 Å². The van der Waals surface area contributed by atoms with Gasteiger partial charge in [0.2, 0.25) is 0 Å². The molecule has 1 aromatic rings. The molecule has 0 radical (unpaired) electrons. The van der Waals surface area contributed by atoms with E-state index in [0.717, 1.165) is 13.0 Å². The van der Waals surface area contributed by atoms with Gasteiger partial charge < -0.3 is 5.32 Å². The van der Waals surface area contributed by atoms with Crippen molar-refractivity contribution < 1.29 is 0 Å². The predicted molar refractivity (Wildman–Crippen MR) is 71.6 cm³/mol. The van der Waals surface area contributed by atoms with E-state index >= 15 is 0 Å². The fourth-order valence-corrected chi connectivity index (χ4v) is 1.71. The van der Waals surface area contributed by atoms with Crippen LogP contribution in [0.2, 0.25) is 0 Å². The van der Waals surface area contributed by atoms with E-state index in [1.54, 1.807) is 0 Å². The lowest BCUT2D eigenvalue weighted by molar-refractivity contribution is 0.329. The zero-order valence-corrected chi connectivity index (χ0v) is 11.1. The van der Waals surface area contributed by atoms with Gasteiger partial charge in [-0.25, -0.2) is 0 Å². The lowest BCUT2D eigenvalue weighted by Crippen LogP contribution is -2.40. The maximum atomic E-state index is 3.65. The van der Waals surface area contributed by atoms with Gasteiger partial charge in [0, 0.05) is 12.1 Å². The molecule has 1 nitrogen and oxygen atoms in total. The zero-order chi connectivity index (χ0) is 12.0. The first-order valence-electron chi connectivity index (χ1n) is 6.46. The average Bonchev–Trinajstić information content (AvgIpc) is 2.36. The van der Waals surface area contributed by atoms with E-state index in [-0.39, 0.29) is 5.54 Å². The summed E-state index contributed by atoms with van der Waals surface area (Å²) in [6, 6.07) is 8.92. The van der Waals surface area contributed by atoms with E-state index < -0.39 is 0 Å². The SMILES string of the molecule is CCc1ccc(CNC(C)(CC)CC)cc1. The Morgan fingerprint density at radius 2 is 1.44 bits per heavy atom. The van der Waals surface area contributed by atoms with Gasteiger partial charge in [-0.05, 0) is 37.3 Å². The van der Waals surface area contributed by atoms with Crippen molar-refractivity contribution in [1.29, 1.82) is 0 Å². The van der Waals surface area contributed by atoms with Crippen LogP contribution in [0.5, 0.6) is 0 Å². The molecule has 0 spiro atoms. The van der Waals surface area contributed by atoms with Crippen LogP contribution in [0.25, 0.3) is 0 Å².